The molecule has 0 aliphatic carbocycles. The summed E-state index contributed by atoms with van der Waals surface area (Å²) in [4.78, 5) is 35.2. The quantitative estimate of drug-likeness (QED) is 0.482. The van der Waals surface area contributed by atoms with E-state index in [-0.39, 0.29) is 11.8 Å². The average Bonchev–Trinajstić information content (AvgIpc) is 3.42. The largest absolute Gasteiger partial charge is 0.361 e. The number of nitrogens with one attached hydrogen (secondary N) is 2. The predicted molar refractivity (Wildman–Crippen MR) is 128 cm³/mol. The maximum atomic E-state index is 13.4. The summed E-state index contributed by atoms with van der Waals surface area (Å²) in [5, 5.41) is 5.14. The van der Waals surface area contributed by atoms with Crippen molar-refractivity contribution >= 4 is 44.3 Å². The van der Waals surface area contributed by atoms with Crippen LogP contribution in [0.4, 0.5) is 0 Å². The first kappa shape index (κ1) is 20.7. The third-order valence-corrected chi connectivity index (χ3v) is 7.44. The van der Waals surface area contributed by atoms with Gasteiger partial charge in [0.2, 0.25) is 11.8 Å². The number of aromatic nitrogens is 2. The number of fused-ring (bicyclic) bond motifs is 2. The summed E-state index contributed by atoms with van der Waals surface area (Å²) in [5.74, 6) is 0.185. The maximum absolute atomic E-state index is 13.4. The van der Waals surface area contributed by atoms with E-state index in [1.807, 2.05) is 47.5 Å². The van der Waals surface area contributed by atoms with Crippen LogP contribution in [0, 0.1) is 0 Å². The fourth-order valence-corrected chi connectivity index (χ4v) is 5.73. The molecule has 4 aromatic rings. The van der Waals surface area contributed by atoms with Crippen molar-refractivity contribution in [1.82, 2.24) is 20.2 Å². The third-order valence-electron chi connectivity index (χ3n) is 6.24. The first-order chi connectivity index (χ1) is 15.6. The number of likely N-dealkylation sites (tertiary alicyclic amines) is 1. The Morgan fingerprint density at radius 3 is 2.69 bits per heavy atom. The van der Waals surface area contributed by atoms with E-state index in [0.717, 1.165) is 39.8 Å². The molecular formula is C25H26N4O2S. The Morgan fingerprint density at radius 1 is 1.16 bits per heavy atom. The normalized spacial score (nSPS) is 15.8. The van der Waals surface area contributed by atoms with Crippen LogP contribution in [-0.2, 0) is 16.0 Å². The molecule has 32 heavy (non-hydrogen) atoms. The molecule has 6 nitrogen and oxygen atoms in total. The molecule has 2 aromatic heterocycles. The minimum Gasteiger partial charge on any atom is -0.361 e. The van der Waals surface area contributed by atoms with Crippen LogP contribution in [0.5, 0.6) is 0 Å². The molecule has 2 N–H and O–H groups in total. The van der Waals surface area contributed by atoms with Gasteiger partial charge in [0, 0.05) is 49.5 Å². The number of piperidine rings is 1. The van der Waals surface area contributed by atoms with Crippen molar-refractivity contribution in [3.63, 3.8) is 0 Å². The lowest BCUT2D eigenvalue weighted by Gasteiger charge is -2.33. The van der Waals surface area contributed by atoms with E-state index in [1.165, 1.54) is 11.6 Å². The number of carbonyl (C=O) groups is 2. The molecule has 2 aromatic carbocycles. The van der Waals surface area contributed by atoms with Crippen molar-refractivity contribution in [2.24, 2.45) is 0 Å². The summed E-state index contributed by atoms with van der Waals surface area (Å²) in [7, 11) is 0. The van der Waals surface area contributed by atoms with Crippen molar-refractivity contribution in [1.29, 1.82) is 0 Å². The Morgan fingerprint density at radius 2 is 1.91 bits per heavy atom. The van der Waals surface area contributed by atoms with Crippen LogP contribution in [0.3, 0.4) is 0 Å². The van der Waals surface area contributed by atoms with E-state index in [9.17, 15) is 9.59 Å². The van der Waals surface area contributed by atoms with E-state index >= 15 is 0 Å². The second kappa shape index (κ2) is 8.74. The lowest BCUT2D eigenvalue weighted by atomic mass is 9.96. The Labute approximate surface area is 190 Å². The second-order valence-electron chi connectivity index (χ2n) is 8.44. The van der Waals surface area contributed by atoms with Crippen molar-refractivity contribution < 1.29 is 9.59 Å². The topological polar surface area (TPSA) is 78.1 Å². The van der Waals surface area contributed by atoms with Crippen molar-refractivity contribution in [2.45, 2.75) is 38.1 Å². The lowest BCUT2D eigenvalue weighted by molar-refractivity contribution is -0.137. The molecule has 1 saturated heterocycles. The van der Waals surface area contributed by atoms with Gasteiger partial charge in [-0.05, 0) is 36.6 Å². The predicted octanol–water partition coefficient (Wildman–Crippen LogP) is 4.23. The van der Waals surface area contributed by atoms with E-state index in [4.69, 9.17) is 4.98 Å². The molecule has 1 atom stereocenters. The molecule has 0 saturated carbocycles. The Kier molecular flexibility index (Phi) is 5.66. The first-order valence-corrected chi connectivity index (χ1v) is 11.9. The number of amides is 2. The van der Waals surface area contributed by atoms with Gasteiger partial charge in [-0.15, -0.1) is 11.3 Å². The molecule has 0 radical (unpaired) electrons. The summed E-state index contributed by atoms with van der Waals surface area (Å²) in [5.41, 5.74) is 3.13. The number of thiazole rings is 1. The summed E-state index contributed by atoms with van der Waals surface area (Å²) >= 11 is 1.76. The molecule has 0 unspecified atom stereocenters. The van der Waals surface area contributed by atoms with Gasteiger partial charge in [0.05, 0.1) is 15.2 Å². The lowest BCUT2D eigenvalue weighted by Crippen LogP contribution is -2.51. The number of carbonyl (C=O) groups excluding carboxylic acids is 2. The van der Waals surface area contributed by atoms with Crippen LogP contribution < -0.4 is 5.32 Å². The second-order valence-corrected chi connectivity index (χ2v) is 9.50. The van der Waals surface area contributed by atoms with Gasteiger partial charge in [0.25, 0.3) is 0 Å². The third kappa shape index (κ3) is 4.12. The van der Waals surface area contributed by atoms with Gasteiger partial charge in [0.15, 0.2) is 0 Å². The number of H-pyrrole nitrogens is 1. The average molecular weight is 447 g/mol. The van der Waals surface area contributed by atoms with Gasteiger partial charge < -0.3 is 15.2 Å². The molecule has 3 heterocycles. The van der Waals surface area contributed by atoms with Crippen LogP contribution in [0.1, 0.15) is 36.3 Å². The van der Waals surface area contributed by atoms with Crippen molar-refractivity contribution in [2.75, 3.05) is 13.1 Å². The van der Waals surface area contributed by atoms with Gasteiger partial charge in [0.1, 0.15) is 6.04 Å². The standard InChI is InChI=1S/C25H26N4O2S/c1-16(30)27-22(14-18-15-26-20-7-3-2-6-19(18)20)25(31)29-12-10-17(11-13-29)24-28-21-8-4-5-9-23(21)32-24/h2-9,15,17,22,26H,10-14H2,1H3,(H,27,30)/t22-/m1/s1. The minimum absolute atomic E-state index is 0.00627. The number of hydrogen-bond donors (Lipinski definition) is 2. The van der Waals surface area contributed by atoms with Crippen LogP contribution in [0.2, 0.25) is 0 Å². The van der Waals surface area contributed by atoms with Crippen molar-refractivity contribution in [3.05, 3.63) is 65.3 Å². The maximum Gasteiger partial charge on any atom is 0.245 e. The van der Waals surface area contributed by atoms with Gasteiger partial charge in [-0.3, -0.25) is 9.59 Å². The van der Waals surface area contributed by atoms with Gasteiger partial charge in [-0.2, -0.15) is 0 Å². The van der Waals surface area contributed by atoms with Gasteiger partial charge in [-0.25, -0.2) is 4.98 Å². The number of aromatic amines is 1. The Hall–Kier alpha value is -3.19. The minimum atomic E-state index is -0.564. The van der Waals surface area contributed by atoms with E-state index < -0.39 is 6.04 Å². The van der Waals surface area contributed by atoms with Crippen LogP contribution in [-0.4, -0.2) is 45.8 Å². The monoisotopic (exact) mass is 446 g/mol. The highest BCUT2D eigenvalue weighted by Crippen LogP contribution is 2.34. The zero-order chi connectivity index (χ0) is 22.1. The molecule has 0 spiro atoms. The number of hydrogen-bond acceptors (Lipinski definition) is 4. The molecule has 164 valence electrons. The molecule has 7 heteroatoms. The zero-order valence-electron chi connectivity index (χ0n) is 18.0. The van der Waals surface area contributed by atoms with Crippen LogP contribution in [0.25, 0.3) is 21.1 Å². The highest BCUT2D eigenvalue weighted by atomic mass is 32.1. The Bertz CT molecular complexity index is 1240. The molecule has 5 rings (SSSR count). The van der Waals surface area contributed by atoms with Crippen molar-refractivity contribution in [3.8, 4) is 0 Å². The summed E-state index contributed by atoms with van der Waals surface area (Å²) < 4.78 is 1.21. The highest BCUT2D eigenvalue weighted by Gasteiger charge is 2.31. The fourth-order valence-electron chi connectivity index (χ4n) is 4.60. The van der Waals surface area contributed by atoms with E-state index in [2.05, 4.69) is 22.4 Å². The first-order valence-electron chi connectivity index (χ1n) is 11.0. The van der Waals surface area contributed by atoms with Gasteiger partial charge >= 0.3 is 0 Å². The smallest absolute Gasteiger partial charge is 0.245 e. The Balaban J connectivity index is 1.28. The summed E-state index contributed by atoms with van der Waals surface area (Å²) in [6, 6.07) is 15.7. The SMILES string of the molecule is CC(=O)N[C@H](Cc1c[nH]c2ccccc12)C(=O)N1CCC(c2nc3ccccc3s2)CC1. The van der Waals surface area contributed by atoms with Gasteiger partial charge in [-0.1, -0.05) is 30.3 Å². The summed E-state index contributed by atoms with van der Waals surface area (Å²) in [6.45, 7) is 2.83. The number of para-hydroxylation sites is 2. The molecule has 2 amide bonds. The molecule has 0 bridgehead atoms. The fraction of sp³-hybridized carbons (Fsp3) is 0.320. The molecule has 1 aliphatic rings. The molecule has 1 aliphatic heterocycles. The highest BCUT2D eigenvalue weighted by molar-refractivity contribution is 7.18. The molecule has 1 fully saturated rings. The number of nitrogens with zero attached hydrogens (tertiary/aromatic N) is 2. The summed E-state index contributed by atoms with van der Waals surface area (Å²) in [6.07, 6.45) is 4.20. The van der Waals surface area contributed by atoms with Crippen LogP contribution in [0.15, 0.2) is 54.7 Å². The molecular weight excluding hydrogens is 420 g/mol. The zero-order valence-corrected chi connectivity index (χ0v) is 18.8. The number of benzene rings is 2. The van der Waals surface area contributed by atoms with E-state index in [0.29, 0.717) is 25.4 Å². The van der Waals surface area contributed by atoms with E-state index in [1.54, 1.807) is 11.3 Å². The van der Waals surface area contributed by atoms with Crippen LogP contribution >= 0.6 is 11.3 Å². The number of rotatable bonds is 5.